The molecule has 0 atom stereocenters. The van der Waals surface area contributed by atoms with E-state index in [1.807, 2.05) is 0 Å². The molecule has 1 saturated carbocycles. The Kier molecular flexibility index (Phi) is 5.92. The summed E-state index contributed by atoms with van der Waals surface area (Å²) in [6.07, 6.45) is 14.0. The van der Waals surface area contributed by atoms with Crippen LogP contribution in [0.25, 0.3) is 0 Å². The number of hydrogen-bond acceptors (Lipinski definition) is 1. The summed E-state index contributed by atoms with van der Waals surface area (Å²) in [7, 11) is 0. The third-order valence-electron chi connectivity index (χ3n) is 2.79. The Morgan fingerprint density at radius 2 is 1.69 bits per heavy atom. The Balaban J connectivity index is 2.15. The molecule has 1 rings (SSSR count). The summed E-state index contributed by atoms with van der Waals surface area (Å²) in [5.41, 5.74) is 1.68. The third-order valence-corrected chi connectivity index (χ3v) is 2.79. The minimum absolute atomic E-state index is 0.350. The molecule has 1 aliphatic carbocycles. The zero-order chi connectivity index (χ0) is 9.36. The summed E-state index contributed by atoms with van der Waals surface area (Å²) in [5.74, 6) is 0. The number of aliphatic hydroxyl groups excluding tert-OH is 1. The summed E-state index contributed by atoms with van der Waals surface area (Å²) in [5, 5.41) is 8.63. The van der Waals surface area contributed by atoms with E-state index in [-0.39, 0.29) is 0 Å². The molecule has 1 fully saturated rings. The van der Waals surface area contributed by atoms with E-state index in [1.165, 1.54) is 44.9 Å². The van der Waals surface area contributed by atoms with Gasteiger partial charge in [-0.05, 0) is 44.9 Å². The minimum Gasteiger partial charge on any atom is -0.396 e. The van der Waals surface area contributed by atoms with Gasteiger partial charge in [-0.1, -0.05) is 24.5 Å². The highest BCUT2D eigenvalue weighted by molar-refractivity contribution is 5.02. The quantitative estimate of drug-likeness (QED) is 0.401. The number of hydrogen-bond donors (Lipinski definition) is 1. The lowest BCUT2D eigenvalue weighted by atomic mass is 10.1. The van der Waals surface area contributed by atoms with Crippen molar-refractivity contribution in [3.63, 3.8) is 0 Å². The fourth-order valence-corrected chi connectivity index (χ4v) is 1.95. The molecule has 0 amide bonds. The van der Waals surface area contributed by atoms with E-state index < -0.39 is 0 Å². The number of allylic oxidation sites excluding steroid dienone is 2. The van der Waals surface area contributed by atoms with E-state index in [0.717, 1.165) is 12.8 Å². The van der Waals surface area contributed by atoms with Crippen LogP contribution in [-0.2, 0) is 0 Å². The normalized spacial score (nSPS) is 18.4. The Morgan fingerprint density at radius 1 is 1.00 bits per heavy atom. The van der Waals surface area contributed by atoms with Crippen LogP contribution in [0.2, 0.25) is 0 Å². The zero-order valence-corrected chi connectivity index (χ0v) is 8.60. The molecule has 13 heavy (non-hydrogen) atoms. The van der Waals surface area contributed by atoms with Crippen molar-refractivity contribution in [1.29, 1.82) is 0 Å². The molecule has 0 aromatic rings. The molecule has 0 aromatic carbocycles. The average molecular weight is 182 g/mol. The van der Waals surface area contributed by atoms with E-state index in [0.29, 0.717) is 6.61 Å². The maximum atomic E-state index is 8.63. The summed E-state index contributed by atoms with van der Waals surface area (Å²) in [6, 6.07) is 0. The molecule has 1 N–H and O–H groups in total. The predicted octanol–water partition coefficient (Wildman–Crippen LogP) is 3.43. The van der Waals surface area contributed by atoms with Gasteiger partial charge in [-0.15, -0.1) is 0 Å². The first kappa shape index (κ1) is 10.8. The van der Waals surface area contributed by atoms with Crippen molar-refractivity contribution < 1.29 is 5.11 Å². The van der Waals surface area contributed by atoms with Crippen LogP contribution in [0.3, 0.4) is 0 Å². The highest BCUT2D eigenvalue weighted by Crippen LogP contribution is 2.22. The lowest BCUT2D eigenvalue weighted by molar-refractivity contribution is 0.285. The lowest BCUT2D eigenvalue weighted by Gasteiger charge is -2.01. The van der Waals surface area contributed by atoms with Crippen LogP contribution in [0.15, 0.2) is 11.6 Å². The molecule has 0 radical (unpaired) electrons. The van der Waals surface area contributed by atoms with E-state index >= 15 is 0 Å². The van der Waals surface area contributed by atoms with Crippen molar-refractivity contribution in [3.8, 4) is 0 Å². The first-order valence-electron chi connectivity index (χ1n) is 5.72. The zero-order valence-electron chi connectivity index (χ0n) is 8.60. The maximum absolute atomic E-state index is 8.63. The molecule has 0 aliphatic heterocycles. The number of aliphatic hydroxyl groups is 1. The maximum Gasteiger partial charge on any atom is 0.0431 e. The Morgan fingerprint density at radius 3 is 2.31 bits per heavy atom. The van der Waals surface area contributed by atoms with Crippen LogP contribution in [0, 0.1) is 0 Å². The van der Waals surface area contributed by atoms with Crippen molar-refractivity contribution in [2.45, 2.75) is 57.8 Å². The van der Waals surface area contributed by atoms with Crippen molar-refractivity contribution in [2.75, 3.05) is 6.61 Å². The summed E-state index contributed by atoms with van der Waals surface area (Å²) in [4.78, 5) is 0. The highest BCUT2D eigenvalue weighted by atomic mass is 16.2. The molecule has 1 aliphatic rings. The minimum atomic E-state index is 0.350. The van der Waals surface area contributed by atoms with Gasteiger partial charge in [0.15, 0.2) is 0 Å². The Labute approximate surface area is 81.9 Å². The molecule has 0 spiro atoms. The van der Waals surface area contributed by atoms with Crippen molar-refractivity contribution in [2.24, 2.45) is 0 Å². The molecule has 0 heterocycles. The fourth-order valence-electron chi connectivity index (χ4n) is 1.95. The van der Waals surface area contributed by atoms with Gasteiger partial charge in [0.1, 0.15) is 0 Å². The van der Waals surface area contributed by atoms with Gasteiger partial charge in [0, 0.05) is 6.61 Å². The number of unbranched alkanes of at least 4 members (excludes halogenated alkanes) is 2. The first-order valence-corrected chi connectivity index (χ1v) is 5.72. The Hall–Kier alpha value is -0.300. The average Bonchev–Trinajstić information content (AvgIpc) is 2.41. The second kappa shape index (κ2) is 7.14. The molecule has 0 aromatic heterocycles. The Bertz CT molecular complexity index is 139. The predicted molar refractivity (Wildman–Crippen MR) is 56.7 cm³/mol. The van der Waals surface area contributed by atoms with Crippen molar-refractivity contribution in [3.05, 3.63) is 11.6 Å². The van der Waals surface area contributed by atoms with Crippen LogP contribution in [0.5, 0.6) is 0 Å². The SMILES string of the molecule is OCCCCC=C1CCCCCC1. The molecular formula is C12H22O. The van der Waals surface area contributed by atoms with Gasteiger partial charge in [-0.25, -0.2) is 0 Å². The molecule has 76 valence electrons. The molecule has 0 bridgehead atoms. The van der Waals surface area contributed by atoms with Crippen LogP contribution in [-0.4, -0.2) is 11.7 Å². The largest absolute Gasteiger partial charge is 0.396 e. The molecular weight excluding hydrogens is 160 g/mol. The van der Waals surface area contributed by atoms with Crippen LogP contribution in [0.1, 0.15) is 57.8 Å². The van der Waals surface area contributed by atoms with Gasteiger partial charge in [-0.3, -0.25) is 0 Å². The molecule has 1 nitrogen and oxygen atoms in total. The molecule has 1 heteroatoms. The fraction of sp³-hybridized carbons (Fsp3) is 0.833. The second-order valence-electron chi connectivity index (χ2n) is 4.00. The standard InChI is InChI=1S/C12H22O/c13-11-7-3-6-10-12-8-4-1-2-5-9-12/h10,13H,1-9,11H2. The monoisotopic (exact) mass is 182 g/mol. The van der Waals surface area contributed by atoms with Crippen LogP contribution < -0.4 is 0 Å². The smallest absolute Gasteiger partial charge is 0.0431 e. The third kappa shape index (κ3) is 5.09. The van der Waals surface area contributed by atoms with Crippen molar-refractivity contribution in [1.82, 2.24) is 0 Å². The van der Waals surface area contributed by atoms with Gasteiger partial charge >= 0.3 is 0 Å². The molecule has 0 unspecified atom stereocenters. The van der Waals surface area contributed by atoms with E-state index in [9.17, 15) is 0 Å². The first-order chi connectivity index (χ1) is 6.43. The van der Waals surface area contributed by atoms with E-state index in [1.54, 1.807) is 5.57 Å². The van der Waals surface area contributed by atoms with Gasteiger partial charge in [0.2, 0.25) is 0 Å². The highest BCUT2D eigenvalue weighted by Gasteiger charge is 2.02. The van der Waals surface area contributed by atoms with Crippen molar-refractivity contribution >= 4 is 0 Å². The summed E-state index contributed by atoms with van der Waals surface area (Å²) >= 11 is 0. The number of rotatable bonds is 4. The van der Waals surface area contributed by atoms with E-state index in [4.69, 9.17) is 5.11 Å². The van der Waals surface area contributed by atoms with Crippen LogP contribution in [0.4, 0.5) is 0 Å². The lowest BCUT2D eigenvalue weighted by Crippen LogP contribution is -1.84. The summed E-state index contributed by atoms with van der Waals surface area (Å²) in [6.45, 7) is 0.350. The van der Waals surface area contributed by atoms with Gasteiger partial charge in [0.05, 0.1) is 0 Å². The topological polar surface area (TPSA) is 20.2 Å². The summed E-state index contributed by atoms with van der Waals surface area (Å²) < 4.78 is 0. The van der Waals surface area contributed by atoms with Gasteiger partial charge in [0.25, 0.3) is 0 Å². The van der Waals surface area contributed by atoms with E-state index in [2.05, 4.69) is 6.08 Å². The second-order valence-corrected chi connectivity index (χ2v) is 4.00. The van der Waals surface area contributed by atoms with Crippen LogP contribution >= 0.6 is 0 Å². The van der Waals surface area contributed by atoms with Gasteiger partial charge in [-0.2, -0.15) is 0 Å². The van der Waals surface area contributed by atoms with Gasteiger partial charge < -0.3 is 5.11 Å². The molecule has 0 saturated heterocycles.